The highest BCUT2D eigenvalue weighted by molar-refractivity contribution is 6.02. The van der Waals surface area contributed by atoms with E-state index in [1.54, 1.807) is 0 Å². The fraction of sp³-hybridized carbons (Fsp3) is 0.364. The van der Waals surface area contributed by atoms with Crippen molar-refractivity contribution in [3.8, 4) is 0 Å². The Morgan fingerprint density at radius 2 is 1.08 bits per heavy atom. The zero-order chi connectivity index (χ0) is 19.3. The van der Waals surface area contributed by atoms with E-state index in [4.69, 9.17) is 0 Å². The number of hydrogen-bond acceptors (Lipinski definition) is 1. The molecular weight excluding hydrogens is 376 g/mol. The highest BCUT2D eigenvalue weighted by Crippen LogP contribution is 2.53. The topological polar surface area (TPSA) is 17.1 Å². The summed E-state index contributed by atoms with van der Waals surface area (Å²) in [5, 5.41) is 0. The zero-order valence-electron chi connectivity index (χ0n) is 10.6. The Labute approximate surface area is 123 Å². The first kappa shape index (κ1) is 20.1. The lowest BCUT2D eigenvalue weighted by molar-refractivity contribution is -0.386. The summed E-state index contributed by atoms with van der Waals surface area (Å²) in [6.45, 7) is 0. The summed E-state index contributed by atoms with van der Waals surface area (Å²) in [5.41, 5.74) is -2.34. The molecule has 1 aromatic carbocycles. The fourth-order valence-electron chi connectivity index (χ4n) is 1.38. The second-order valence-electron chi connectivity index (χ2n) is 4.30. The average Bonchev–Trinajstić information content (AvgIpc) is 2.40. The van der Waals surface area contributed by atoms with Crippen LogP contribution in [0, 0.1) is 17.5 Å². The Bertz CT molecular complexity index is 660. The molecule has 1 nitrogen and oxygen atoms in total. The predicted octanol–water partition coefficient (Wildman–Crippen LogP) is 4.75. The van der Waals surface area contributed by atoms with Gasteiger partial charge in [-0.25, -0.2) is 13.2 Å². The van der Waals surface area contributed by atoms with Gasteiger partial charge >= 0.3 is 23.9 Å². The summed E-state index contributed by atoms with van der Waals surface area (Å²) < 4.78 is 152. The number of rotatable bonds is 4. The quantitative estimate of drug-likeness (QED) is 0.420. The molecule has 0 atom stereocenters. The molecule has 0 aromatic heterocycles. The molecule has 24 heavy (non-hydrogen) atoms. The second kappa shape index (κ2) is 5.55. The van der Waals surface area contributed by atoms with Gasteiger partial charge in [-0.05, 0) is 6.07 Å². The molecule has 0 aliphatic rings. The van der Waals surface area contributed by atoms with Crippen molar-refractivity contribution in [2.45, 2.75) is 23.9 Å². The first-order valence-corrected chi connectivity index (χ1v) is 5.38. The third-order valence-corrected chi connectivity index (χ3v) is 2.68. The van der Waals surface area contributed by atoms with Gasteiger partial charge in [-0.15, -0.1) is 0 Å². The molecule has 0 saturated carbocycles. The minimum absolute atomic E-state index is 0.557. The van der Waals surface area contributed by atoms with Gasteiger partial charge in [0.1, 0.15) is 5.82 Å². The number of hydrogen-bond donors (Lipinski definition) is 0. The van der Waals surface area contributed by atoms with Gasteiger partial charge < -0.3 is 0 Å². The van der Waals surface area contributed by atoms with Gasteiger partial charge in [0.2, 0.25) is 5.78 Å². The molecule has 0 saturated heterocycles. The molecule has 0 radical (unpaired) electrons. The molecule has 0 fully saturated rings. The van der Waals surface area contributed by atoms with Gasteiger partial charge in [0, 0.05) is 6.07 Å². The van der Waals surface area contributed by atoms with Gasteiger partial charge in [-0.2, -0.15) is 39.5 Å². The fourth-order valence-corrected chi connectivity index (χ4v) is 1.38. The van der Waals surface area contributed by atoms with Gasteiger partial charge in [0.15, 0.2) is 11.6 Å². The second-order valence-corrected chi connectivity index (χ2v) is 4.30. The lowest BCUT2D eigenvalue weighted by atomic mass is 9.95. The van der Waals surface area contributed by atoms with E-state index in [-0.39, 0.29) is 0 Å². The summed E-state index contributed by atoms with van der Waals surface area (Å²) in [6.07, 6.45) is -7.19. The molecule has 0 heterocycles. The molecule has 0 aliphatic heterocycles. The minimum atomic E-state index is -7.38. The largest absolute Gasteiger partial charge is 0.460 e. The Balaban J connectivity index is 3.49. The van der Waals surface area contributed by atoms with E-state index < -0.39 is 64.9 Å². The maximum absolute atomic E-state index is 13.3. The third kappa shape index (κ3) is 2.79. The summed E-state index contributed by atoms with van der Waals surface area (Å²) in [5.74, 6) is -31.7. The van der Waals surface area contributed by atoms with E-state index in [0.29, 0.717) is 0 Å². The average molecular weight is 378 g/mol. The molecule has 0 amide bonds. The number of carbonyl (C=O) groups excluding carboxylic acids is 1. The third-order valence-electron chi connectivity index (χ3n) is 2.68. The van der Waals surface area contributed by atoms with Gasteiger partial charge in [-0.1, -0.05) is 0 Å². The van der Waals surface area contributed by atoms with Crippen LogP contribution in [0.4, 0.5) is 52.7 Å². The molecule has 13 heteroatoms. The number of alkyl halides is 9. The molecule has 0 N–H and O–H groups in total. The van der Waals surface area contributed by atoms with E-state index in [1.807, 2.05) is 0 Å². The molecule has 0 aliphatic carbocycles. The van der Waals surface area contributed by atoms with E-state index >= 15 is 0 Å². The zero-order valence-corrected chi connectivity index (χ0v) is 10.6. The number of ketones is 1. The summed E-state index contributed by atoms with van der Waals surface area (Å²) in [4.78, 5) is 11.1. The smallest absolute Gasteiger partial charge is 0.287 e. The van der Waals surface area contributed by atoms with Crippen LogP contribution in [0.25, 0.3) is 0 Å². The molecule has 1 rings (SSSR count). The van der Waals surface area contributed by atoms with Crippen LogP contribution < -0.4 is 0 Å². The van der Waals surface area contributed by atoms with Crippen molar-refractivity contribution in [2.24, 2.45) is 0 Å². The monoisotopic (exact) mass is 378 g/mol. The van der Waals surface area contributed by atoms with Crippen LogP contribution in [0.3, 0.4) is 0 Å². The van der Waals surface area contributed by atoms with Crippen LogP contribution in [-0.2, 0) is 0 Å². The maximum Gasteiger partial charge on any atom is 0.460 e. The number of halogens is 12. The Morgan fingerprint density at radius 3 is 1.50 bits per heavy atom. The first-order valence-electron chi connectivity index (χ1n) is 5.38. The number of carbonyl (C=O) groups is 1. The lowest BCUT2D eigenvalue weighted by Crippen LogP contribution is -2.63. The van der Waals surface area contributed by atoms with Crippen molar-refractivity contribution < 1.29 is 57.5 Å². The van der Waals surface area contributed by atoms with Crippen LogP contribution in [0.1, 0.15) is 10.4 Å². The van der Waals surface area contributed by atoms with Gasteiger partial charge in [0.25, 0.3) is 0 Å². The summed E-state index contributed by atoms with van der Waals surface area (Å²) in [6, 6.07) is -1.23. The van der Waals surface area contributed by atoms with Crippen molar-refractivity contribution in [1.82, 2.24) is 0 Å². The Kier molecular flexibility index (Phi) is 4.65. The van der Waals surface area contributed by atoms with Crippen LogP contribution in [0.5, 0.6) is 0 Å². The SMILES string of the molecule is O=C(c1cc(F)c(F)cc1F)C(F)(F)C(F)(F)C(F)(F)C(F)(F)F. The van der Waals surface area contributed by atoms with Gasteiger partial charge in [0.05, 0.1) is 5.56 Å². The normalized spacial score (nSPS) is 14.0. The summed E-state index contributed by atoms with van der Waals surface area (Å²) in [7, 11) is 0. The predicted molar refractivity (Wildman–Crippen MR) is 51.5 cm³/mol. The molecule has 136 valence electrons. The van der Waals surface area contributed by atoms with E-state index in [9.17, 15) is 57.5 Å². The Morgan fingerprint density at radius 1 is 0.667 bits per heavy atom. The van der Waals surface area contributed by atoms with Crippen molar-refractivity contribution in [2.75, 3.05) is 0 Å². The minimum Gasteiger partial charge on any atom is -0.287 e. The molecule has 1 aromatic rings. The molecule has 0 spiro atoms. The molecule has 0 bridgehead atoms. The van der Waals surface area contributed by atoms with Crippen LogP contribution in [0.15, 0.2) is 12.1 Å². The van der Waals surface area contributed by atoms with Crippen LogP contribution in [0.2, 0.25) is 0 Å². The number of benzene rings is 1. The molecular formula is C11H2F12O. The molecule has 0 unspecified atom stereocenters. The van der Waals surface area contributed by atoms with E-state index in [1.165, 1.54) is 0 Å². The van der Waals surface area contributed by atoms with Crippen LogP contribution >= 0.6 is 0 Å². The van der Waals surface area contributed by atoms with Crippen molar-refractivity contribution in [3.05, 3.63) is 35.1 Å². The van der Waals surface area contributed by atoms with Gasteiger partial charge in [-0.3, -0.25) is 4.79 Å². The standard InChI is InChI=1S/C11H2F12O/c12-4-2-6(14)5(13)1-3(4)7(24)8(15,16)9(17,18)10(19,20)11(21,22)23/h1-2H. The lowest BCUT2D eigenvalue weighted by Gasteiger charge is -2.32. The van der Waals surface area contributed by atoms with Crippen LogP contribution in [-0.4, -0.2) is 29.7 Å². The highest BCUT2D eigenvalue weighted by atomic mass is 19.4. The Hall–Kier alpha value is -1.95. The van der Waals surface area contributed by atoms with E-state index in [0.717, 1.165) is 0 Å². The highest BCUT2D eigenvalue weighted by Gasteiger charge is 2.83. The van der Waals surface area contributed by atoms with Crippen molar-refractivity contribution in [1.29, 1.82) is 0 Å². The first-order chi connectivity index (χ1) is 10.5. The van der Waals surface area contributed by atoms with Crippen molar-refractivity contribution in [3.63, 3.8) is 0 Å². The van der Waals surface area contributed by atoms with Crippen molar-refractivity contribution >= 4 is 5.78 Å². The summed E-state index contributed by atoms with van der Waals surface area (Å²) >= 11 is 0. The maximum atomic E-state index is 13.3. The number of Topliss-reactive ketones (excluding diaryl/α,β-unsaturated/α-hetero) is 1. The van der Waals surface area contributed by atoms with E-state index in [2.05, 4.69) is 0 Å².